The van der Waals surface area contributed by atoms with Crippen LogP contribution in [0, 0.1) is 5.82 Å². The van der Waals surface area contributed by atoms with Crippen molar-refractivity contribution >= 4 is 11.6 Å². The van der Waals surface area contributed by atoms with E-state index in [4.69, 9.17) is 4.74 Å². The van der Waals surface area contributed by atoms with Gasteiger partial charge in [-0.25, -0.2) is 4.39 Å². The third-order valence-electron chi connectivity index (χ3n) is 5.29. The van der Waals surface area contributed by atoms with Crippen LogP contribution in [0.2, 0.25) is 0 Å². The van der Waals surface area contributed by atoms with Crippen LogP contribution in [0.3, 0.4) is 0 Å². The van der Waals surface area contributed by atoms with Crippen molar-refractivity contribution in [3.8, 4) is 0 Å². The lowest BCUT2D eigenvalue weighted by atomic mass is 9.89. The van der Waals surface area contributed by atoms with E-state index in [2.05, 4.69) is 9.88 Å². The van der Waals surface area contributed by atoms with Gasteiger partial charge in [-0.1, -0.05) is 6.07 Å². The number of anilines is 1. The van der Waals surface area contributed by atoms with Crippen LogP contribution in [0.5, 0.6) is 0 Å². The topological polar surface area (TPSA) is 45.7 Å². The Morgan fingerprint density at radius 1 is 1.15 bits per heavy atom. The van der Waals surface area contributed by atoms with Gasteiger partial charge >= 0.3 is 0 Å². The van der Waals surface area contributed by atoms with Crippen LogP contribution in [-0.2, 0) is 4.74 Å². The van der Waals surface area contributed by atoms with Gasteiger partial charge in [0.1, 0.15) is 5.82 Å². The fourth-order valence-corrected chi connectivity index (χ4v) is 3.84. The lowest BCUT2D eigenvalue weighted by Gasteiger charge is -2.47. The van der Waals surface area contributed by atoms with Crippen molar-refractivity contribution in [1.82, 2.24) is 9.88 Å². The first-order valence-electron chi connectivity index (χ1n) is 8.99. The van der Waals surface area contributed by atoms with Gasteiger partial charge in [-0.3, -0.25) is 9.78 Å². The van der Waals surface area contributed by atoms with Crippen LogP contribution in [0.15, 0.2) is 48.8 Å². The van der Waals surface area contributed by atoms with E-state index in [-0.39, 0.29) is 17.3 Å². The second-order valence-corrected chi connectivity index (χ2v) is 6.97. The first-order chi connectivity index (χ1) is 12.7. The number of halogens is 1. The lowest BCUT2D eigenvalue weighted by Crippen LogP contribution is -2.58. The molecule has 3 heterocycles. The van der Waals surface area contributed by atoms with Crippen molar-refractivity contribution in [2.24, 2.45) is 0 Å². The zero-order chi connectivity index (χ0) is 18.0. The normalized spacial score (nSPS) is 19.6. The fraction of sp³-hybridized carbons (Fsp3) is 0.400. The fourth-order valence-electron chi connectivity index (χ4n) is 3.84. The van der Waals surface area contributed by atoms with Gasteiger partial charge in [-0.05, 0) is 43.2 Å². The number of morpholine rings is 1. The molecule has 1 aromatic carbocycles. The van der Waals surface area contributed by atoms with Gasteiger partial charge in [0.2, 0.25) is 0 Å². The highest BCUT2D eigenvalue weighted by atomic mass is 19.1. The second-order valence-electron chi connectivity index (χ2n) is 6.97. The number of nitrogens with zero attached hydrogens (tertiary/aromatic N) is 3. The third-order valence-corrected chi connectivity index (χ3v) is 5.29. The van der Waals surface area contributed by atoms with Gasteiger partial charge in [-0.2, -0.15) is 0 Å². The Morgan fingerprint density at radius 3 is 2.73 bits per heavy atom. The maximum absolute atomic E-state index is 13.5. The summed E-state index contributed by atoms with van der Waals surface area (Å²) in [4.78, 5) is 20.8. The summed E-state index contributed by atoms with van der Waals surface area (Å²) in [5.74, 6) is -0.210. The van der Waals surface area contributed by atoms with E-state index in [9.17, 15) is 9.18 Å². The Balaban J connectivity index is 1.43. The zero-order valence-corrected chi connectivity index (χ0v) is 14.6. The number of amides is 1. The highest BCUT2D eigenvalue weighted by Crippen LogP contribution is 2.32. The van der Waals surface area contributed by atoms with Gasteiger partial charge in [0, 0.05) is 37.7 Å². The molecule has 2 saturated heterocycles. The molecule has 4 rings (SSSR count). The molecule has 0 bridgehead atoms. The summed E-state index contributed by atoms with van der Waals surface area (Å²) in [5, 5.41) is 0. The van der Waals surface area contributed by atoms with Crippen LogP contribution in [0.4, 0.5) is 10.1 Å². The quantitative estimate of drug-likeness (QED) is 0.831. The van der Waals surface area contributed by atoms with E-state index < -0.39 is 0 Å². The summed E-state index contributed by atoms with van der Waals surface area (Å²) >= 11 is 0. The average Bonchev–Trinajstić information content (AvgIpc) is 2.69. The smallest absolute Gasteiger partial charge is 0.255 e. The number of rotatable bonds is 2. The molecule has 0 aliphatic carbocycles. The molecule has 136 valence electrons. The van der Waals surface area contributed by atoms with Crippen LogP contribution in [-0.4, -0.2) is 54.2 Å². The Morgan fingerprint density at radius 2 is 2.00 bits per heavy atom. The predicted octanol–water partition coefficient (Wildman–Crippen LogP) is 2.73. The number of piperidine rings is 1. The molecule has 6 heteroatoms. The van der Waals surface area contributed by atoms with E-state index in [1.807, 2.05) is 11.0 Å². The largest absolute Gasteiger partial charge is 0.371 e. The monoisotopic (exact) mass is 355 g/mol. The zero-order valence-electron chi connectivity index (χ0n) is 14.6. The van der Waals surface area contributed by atoms with E-state index in [1.54, 1.807) is 36.7 Å². The molecule has 0 N–H and O–H groups in total. The summed E-state index contributed by atoms with van der Waals surface area (Å²) in [7, 11) is 0. The van der Waals surface area contributed by atoms with Crippen molar-refractivity contribution < 1.29 is 13.9 Å². The molecule has 0 saturated carbocycles. The van der Waals surface area contributed by atoms with Crippen molar-refractivity contribution in [3.05, 3.63) is 60.2 Å². The summed E-state index contributed by atoms with van der Waals surface area (Å²) < 4.78 is 19.6. The molecule has 0 unspecified atom stereocenters. The maximum Gasteiger partial charge on any atom is 0.255 e. The first kappa shape index (κ1) is 17.0. The van der Waals surface area contributed by atoms with Gasteiger partial charge in [-0.15, -0.1) is 0 Å². The van der Waals surface area contributed by atoms with E-state index in [0.29, 0.717) is 25.3 Å². The minimum atomic E-state index is -0.306. The molecule has 1 amide bonds. The highest BCUT2D eigenvalue weighted by molar-refractivity contribution is 5.94. The van der Waals surface area contributed by atoms with Gasteiger partial charge in [0.15, 0.2) is 0 Å². The minimum Gasteiger partial charge on any atom is -0.371 e. The summed E-state index contributed by atoms with van der Waals surface area (Å²) in [5.41, 5.74) is 1.21. The molecule has 2 aliphatic rings. The molecule has 5 nitrogen and oxygen atoms in total. The average molecular weight is 355 g/mol. The molecule has 0 atom stereocenters. The number of aromatic nitrogens is 1. The summed E-state index contributed by atoms with van der Waals surface area (Å²) in [6.07, 6.45) is 4.91. The molecule has 2 aliphatic heterocycles. The first-order valence-corrected chi connectivity index (χ1v) is 8.99. The number of carbonyl (C=O) groups is 1. The van der Waals surface area contributed by atoms with Crippen LogP contribution < -0.4 is 4.90 Å². The molecule has 1 aromatic heterocycles. The maximum atomic E-state index is 13.5. The van der Waals surface area contributed by atoms with Crippen molar-refractivity contribution in [2.75, 3.05) is 37.7 Å². The SMILES string of the molecule is O=C(c1cccnc1)N1CCOC2(CCN(c3cccc(F)c3)CC2)C1. The number of carbonyl (C=O) groups excluding carboxylic acids is 1. The third kappa shape index (κ3) is 3.42. The molecule has 1 spiro atoms. The Labute approximate surface area is 152 Å². The highest BCUT2D eigenvalue weighted by Gasteiger charge is 2.41. The Kier molecular flexibility index (Phi) is 4.59. The number of hydrogen-bond donors (Lipinski definition) is 0. The minimum absolute atomic E-state index is 0.00772. The van der Waals surface area contributed by atoms with Gasteiger partial charge < -0.3 is 14.5 Å². The van der Waals surface area contributed by atoms with E-state index >= 15 is 0 Å². The number of ether oxygens (including phenoxy) is 1. The van der Waals surface area contributed by atoms with Crippen LogP contribution in [0.1, 0.15) is 23.2 Å². The molecule has 2 aromatic rings. The second kappa shape index (κ2) is 7.03. The Bertz CT molecular complexity index is 776. The molecule has 0 radical (unpaired) electrons. The molecular weight excluding hydrogens is 333 g/mol. The summed E-state index contributed by atoms with van der Waals surface area (Å²) in [6, 6.07) is 10.3. The van der Waals surface area contributed by atoms with Crippen molar-refractivity contribution in [1.29, 1.82) is 0 Å². The lowest BCUT2D eigenvalue weighted by molar-refractivity contribution is -0.111. The van der Waals surface area contributed by atoms with Crippen LogP contribution in [0.25, 0.3) is 0 Å². The summed E-state index contributed by atoms with van der Waals surface area (Å²) in [6.45, 7) is 3.32. The number of benzene rings is 1. The predicted molar refractivity (Wildman–Crippen MR) is 96.7 cm³/mol. The van der Waals surface area contributed by atoms with Crippen LogP contribution >= 0.6 is 0 Å². The van der Waals surface area contributed by atoms with E-state index in [0.717, 1.165) is 31.6 Å². The molecule has 2 fully saturated rings. The molecular formula is C20H22FN3O2. The molecule has 26 heavy (non-hydrogen) atoms. The van der Waals surface area contributed by atoms with Gasteiger partial charge in [0.25, 0.3) is 5.91 Å². The van der Waals surface area contributed by atoms with Gasteiger partial charge in [0.05, 0.1) is 24.3 Å². The number of hydrogen-bond acceptors (Lipinski definition) is 4. The van der Waals surface area contributed by atoms with E-state index in [1.165, 1.54) is 6.07 Å². The standard InChI is InChI=1S/C20H22FN3O2/c21-17-4-1-5-18(13-17)23-9-6-20(7-10-23)15-24(11-12-26-20)19(25)16-3-2-8-22-14-16/h1-5,8,13-14H,6-7,9-12,15H2. The van der Waals surface area contributed by atoms with Crippen molar-refractivity contribution in [3.63, 3.8) is 0 Å². The van der Waals surface area contributed by atoms with Crippen molar-refractivity contribution in [2.45, 2.75) is 18.4 Å². The number of pyridine rings is 1. The Hall–Kier alpha value is -2.47.